The van der Waals surface area contributed by atoms with Crippen molar-refractivity contribution in [3.05, 3.63) is 69.6 Å². The van der Waals surface area contributed by atoms with Crippen molar-refractivity contribution >= 4 is 46.5 Å². The van der Waals surface area contributed by atoms with Gasteiger partial charge in [-0.3, -0.25) is 19.3 Å². The predicted molar refractivity (Wildman–Crippen MR) is 118 cm³/mol. The van der Waals surface area contributed by atoms with Gasteiger partial charge in [-0.25, -0.2) is 0 Å². The molecule has 0 atom stereocenters. The first-order valence-electron chi connectivity index (χ1n) is 9.37. The van der Waals surface area contributed by atoms with Crippen molar-refractivity contribution in [2.45, 2.75) is 12.8 Å². The zero-order chi connectivity index (χ0) is 21.5. The Morgan fingerprint density at radius 3 is 2.63 bits per heavy atom. The van der Waals surface area contributed by atoms with Gasteiger partial charge in [0.15, 0.2) is 0 Å². The van der Waals surface area contributed by atoms with E-state index in [4.69, 9.17) is 16.3 Å². The number of benzene rings is 2. The van der Waals surface area contributed by atoms with Crippen molar-refractivity contribution in [3.8, 4) is 5.75 Å². The van der Waals surface area contributed by atoms with Gasteiger partial charge in [0.2, 0.25) is 5.91 Å². The first kappa shape index (κ1) is 21.9. The molecule has 1 fully saturated rings. The topological polar surface area (TPSA) is 75.7 Å². The summed E-state index contributed by atoms with van der Waals surface area (Å²) in [6, 6.07) is 14.5. The number of methoxy groups -OCH3 is 1. The van der Waals surface area contributed by atoms with Crippen molar-refractivity contribution in [2.24, 2.45) is 0 Å². The van der Waals surface area contributed by atoms with E-state index in [-0.39, 0.29) is 30.1 Å². The summed E-state index contributed by atoms with van der Waals surface area (Å²) >= 11 is 6.75. The van der Waals surface area contributed by atoms with E-state index in [0.29, 0.717) is 22.8 Å². The fourth-order valence-corrected chi connectivity index (χ4v) is 3.95. The van der Waals surface area contributed by atoms with Crippen LogP contribution in [-0.2, 0) is 16.0 Å². The Morgan fingerprint density at radius 2 is 1.90 bits per heavy atom. The molecule has 0 saturated carbocycles. The highest BCUT2D eigenvalue weighted by Gasteiger charge is 2.34. The number of amides is 3. The first-order valence-corrected chi connectivity index (χ1v) is 10.6. The van der Waals surface area contributed by atoms with Gasteiger partial charge in [0, 0.05) is 24.5 Å². The molecule has 0 aliphatic carbocycles. The highest BCUT2D eigenvalue weighted by atomic mass is 35.5. The molecule has 2 aromatic rings. The second kappa shape index (κ2) is 10.3. The number of hydrogen-bond acceptors (Lipinski definition) is 5. The second-order valence-electron chi connectivity index (χ2n) is 6.55. The van der Waals surface area contributed by atoms with Crippen LogP contribution < -0.4 is 10.1 Å². The number of halogens is 1. The third kappa shape index (κ3) is 5.64. The fourth-order valence-electron chi connectivity index (χ4n) is 2.96. The zero-order valence-corrected chi connectivity index (χ0v) is 18.0. The number of hydrogen-bond donors (Lipinski definition) is 1. The van der Waals surface area contributed by atoms with E-state index in [1.165, 1.54) is 0 Å². The van der Waals surface area contributed by atoms with E-state index >= 15 is 0 Å². The lowest BCUT2D eigenvalue weighted by molar-refractivity contribution is -0.124. The van der Waals surface area contributed by atoms with E-state index in [9.17, 15) is 14.4 Å². The minimum Gasteiger partial charge on any atom is -0.496 e. The molecule has 3 rings (SSSR count). The van der Waals surface area contributed by atoms with Crippen LogP contribution in [0.1, 0.15) is 17.5 Å². The maximum Gasteiger partial charge on any atom is 0.293 e. The molecule has 3 amide bonds. The van der Waals surface area contributed by atoms with E-state index in [1.54, 1.807) is 37.5 Å². The number of aryl methyl sites for hydroxylation is 1. The lowest BCUT2D eigenvalue weighted by Gasteiger charge is -2.13. The molecule has 1 aliphatic heterocycles. The molecule has 0 bridgehead atoms. The minimum atomic E-state index is -0.358. The third-order valence-electron chi connectivity index (χ3n) is 4.51. The van der Waals surface area contributed by atoms with Crippen LogP contribution in [0.4, 0.5) is 4.79 Å². The van der Waals surface area contributed by atoms with Gasteiger partial charge in [-0.15, -0.1) is 0 Å². The number of carbonyl (C=O) groups excluding carboxylic acids is 3. The molecule has 8 heteroatoms. The number of thioether (sulfide) groups is 1. The summed E-state index contributed by atoms with van der Waals surface area (Å²) in [4.78, 5) is 38.3. The van der Waals surface area contributed by atoms with Crippen LogP contribution in [0.25, 0.3) is 6.08 Å². The quantitative estimate of drug-likeness (QED) is 0.619. The molecule has 1 aliphatic rings. The Morgan fingerprint density at radius 1 is 1.17 bits per heavy atom. The SMILES string of the molecule is COc1ccccc1CCC(=O)NCCN1C(=O)S/C(=C/c2ccc(Cl)cc2)C1=O. The zero-order valence-electron chi connectivity index (χ0n) is 16.4. The highest BCUT2D eigenvalue weighted by Crippen LogP contribution is 2.32. The number of carbonyl (C=O) groups is 3. The summed E-state index contributed by atoms with van der Waals surface area (Å²) in [5.41, 5.74) is 1.74. The van der Waals surface area contributed by atoms with Crippen LogP contribution in [0.5, 0.6) is 5.75 Å². The molecule has 1 heterocycles. The van der Waals surface area contributed by atoms with Crippen molar-refractivity contribution in [1.29, 1.82) is 0 Å². The van der Waals surface area contributed by atoms with E-state index in [1.807, 2.05) is 24.3 Å². The number of ether oxygens (including phenoxy) is 1. The first-order chi connectivity index (χ1) is 14.5. The third-order valence-corrected chi connectivity index (χ3v) is 5.67. The summed E-state index contributed by atoms with van der Waals surface area (Å²) < 4.78 is 5.28. The van der Waals surface area contributed by atoms with Gasteiger partial charge in [-0.2, -0.15) is 0 Å². The lowest BCUT2D eigenvalue weighted by atomic mass is 10.1. The molecule has 1 N–H and O–H groups in total. The molecule has 30 heavy (non-hydrogen) atoms. The van der Waals surface area contributed by atoms with Crippen molar-refractivity contribution in [2.75, 3.05) is 20.2 Å². The van der Waals surface area contributed by atoms with Gasteiger partial charge in [-0.1, -0.05) is 41.9 Å². The smallest absolute Gasteiger partial charge is 0.293 e. The number of nitrogens with zero attached hydrogens (tertiary/aromatic N) is 1. The van der Waals surface area contributed by atoms with Crippen molar-refractivity contribution < 1.29 is 19.1 Å². The van der Waals surface area contributed by atoms with Gasteiger partial charge >= 0.3 is 0 Å². The molecule has 2 aromatic carbocycles. The molecule has 0 radical (unpaired) electrons. The summed E-state index contributed by atoms with van der Waals surface area (Å²) in [7, 11) is 1.59. The van der Waals surface area contributed by atoms with Crippen LogP contribution in [0.2, 0.25) is 5.02 Å². The Labute approximate surface area is 184 Å². The molecule has 0 spiro atoms. The lowest BCUT2D eigenvalue weighted by Crippen LogP contribution is -2.37. The van der Waals surface area contributed by atoms with Crippen LogP contribution in [-0.4, -0.2) is 42.2 Å². The standard InChI is InChI=1S/C22H21ClN2O4S/c1-29-18-5-3-2-4-16(18)8-11-20(26)24-12-13-25-21(27)19(30-22(25)28)14-15-6-9-17(23)10-7-15/h2-7,9-10,14H,8,11-13H2,1H3,(H,24,26)/b19-14+. The molecular weight excluding hydrogens is 424 g/mol. The highest BCUT2D eigenvalue weighted by molar-refractivity contribution is 8.18. The van der Waals surface area contributed by atoms with Crippen LogP contribution >= 0.6 is 23.4 Å². The molecule has 1 saturated heterocycles. The average molecular weight is 445 g/mol. The Hall–Kier alpha value is -2.77. The van der Waals surface area contributed by atoms with Crippen molar-refractivity contribution in [1.82, 2.24) is 10.2 Å². The Balaban J connectivity index is 1.48. The molecule has 0 aromatic heterocycles. The monoisotopic (exact) mass is 444 g/mol. The summed E-state index contributed by atoms with van der Waals surface area (Å²) in [6.45, 7) is 0.333. The Bertz CT molecular complexity index is 975. The maximum atomic E-state index is 12.5. The predicted octanol–water partition coefficient (Wildman–Crippen LogP) is 4.13. The average Bonchev–Trinajstić information content (AvgIpc) is 3.01. The van der Waals surface area contributed by atoms with Crippen molar-refractivity contribution in [3.63, 3.8) is 0 Å². The van der Waals surface area contributed by atoms with E-state index in [2.05, 4.69) is 5.32 Å². The maximum absolute atomic E-state index is 12.5. The van der Waals surface area contributed by atoms with Gasteiger partial charge < -0.3 is 10.1 Å². The number of nitrogens with one attached hydrogen (secondary N) is 1. The minimum absolute atomic E-state index is 0.128. The van der Waals surface area contributed by atoms with Crippen LogP contribution in [0.15, 0.2) is 53.4 Å². The van der Waals surface area contributed by atoms with E-state index < -0.39 is 0 Å². The number of imide groups is 1. The summed E-state index contributed by atoms with van der Waals surface area (Å²) in [6.07, 6.45) is 2.49. The fraction of sp³-hybridized carbons (Fsp3) is 0.227. The largest absolute Gasteiger partial charge is 0.496 e. The van der Waals surface area contributed by atoms with Gasteiger partial charge in [0.25, 0.3) is 11.1 Å². The molecule has 156 valence electrons. The van der Waals surface area contributed by atoms with Gasteiger partial charge in [0.1, 0.15) is 5.75 Å². The Kier molecular flexibility index (Phi) is 7.54. The van der Waals surface area contributed by atoms with Gasteiger partial charge in [-0.05, 0) is 53.6 Å². The number of para-hydroxylation sites is 1. The number of rotatable bonds is 8. The molecular formula is C22H21ClN2O4S. The van der Waals surface area contributed by atoms with Crippen LogP contribution in [0.3, 0.4) is 0 Å². The van der Waals surface area contributed by atoms with E-state index in [0.717, 1.165) is 33.5 Å². The summed E-state index contributed by atoms with van der Waals surface area (Å²) in [5, 5.41) is 3.01. The molecule has 0 unspecified atom stereocenters. The normalized spacial score (nSPS) is 15.0. The summed E-state index contributed by atoms with van der Waals surface area (Å²) in [5.74, 6) is 0.239. The van der Waals surface area contributed by atoms with Gasteiger partial charge in [0.05, 0.1) is 12.0 Å². The second-order valence-corrected chi connectivity index (χ2v) is 7.98. The molecule has 6 nitrogen and oxygen atoms in total. The van der Waals surface area contributed by atoms with Crippen LogP contribution in [0, 0.1) is 0 Å².